The van der Waals surface area contributed by atoms with Crippen molar-refractivity contribution in [2.24, 2.45) is 5.92 Å². The van der Waals surface area contributed by atoms with E-state index in [2.05, 4.69) is 10.2 Å². The number of hydrogen-bond acceptors (Lipinski definition) is 7. The fourth-order valence-corrected chi connectivity index (χ4v) is 9.13. The predicted molar refractivity (Wildman–Crippen MR) is 192 cm³/mol. The average molecular weight is 686 g/mol. The number of ether oxygens (including phenoxy) is 2. The lowest BCUT2D eigenvalue weighted by Crippen LogP contribution is -2.55. The van der Waals surface area contributed by atoms with Gasteiger partial charge in [-0.1, -0.05) is 110 Å². The van der Waals surface area contributed by atoms with Crippen LogP contribution in [0.2, 0.25) is 0 Å². The van der Waals surface area contributed by atoms with Crippen molar-refractivity contribution >= 4 is 23.5 Å². The summed E-state index contributed by atoms with van der Waals surface area (Å²) in [5.41, 5.74) is 2.29. The number of aliphatic hydroxyl groups is 1. The molecule has 0 radical (unpaired) electrons. The zero-order valence-electron chi connectivity index (χ0n) is 28.5. The number of para-hydroxylation sites is 1. The van der Waals surface area contributed by atoms with E-state index >= 15 is 9.59 Å². The van der Waals surface area contributed by atoms with Crippen molar-refractivity contribution in [3.05, 3.63) is 131 Å². The minimum Gasteiger partial charge on any atom is -0.491 e. The molecule has 9 nitrogen and oxygen atoms in total. The first-order chi connectivity index (χ1) is 25.0. The number of aliphatic hydroxyl groups excluding tert-OH is 1. The molecule has 2 amide bonds. The minimum atomic E-state index is -1.49. The van der Waals surface area contributed by atoms with Gasteiger partial charge in [-0.15, -0.1) is 0 Å². The van der Waals surface area contributed by atoms with E-state index in [1.165, 1.54) is 0 Å². The van der Waals surface area contributed by atoms with Crippen LogP contribution in [0.3, 0.4) is 0 Å². The lowest BCUT2D eigenvalue weighted by molar-refractivity contribution is -0.179. The average Bonchev–Trinajstić information content (AvgIpc) is 3.63. The Morgan fingerprint density at radius 1 is 0.784 bits per heavy atom. The van der Waals surface area contributed by atoms with Gasteiger partial charge in [-0.2, -0.15) is 0 Å². The maximum absolute atomic E-state index is 15.4. The van der Waals surface area contributed by atoms with E-state index in [-0.39, 0.29) is 25.0 Å². The molecule has 2 N–H and O–H groups in total. The van der Waals surface area contributed by atoms with Crippen LogP contribution in [0, 0.1) is 5.92 Å². The maximum Gasteiger partial charge on any atom is 0.324 e. The molecule has 0 aliphatic carbocycles. The van der Waals surface area contributed by atoms with Gasteiger partial charge in [0.15, 0.2) is 0 Å². The first-order valence-corrected chi connectivity index (χ1v) is 18.1. The molecule has 0 unspecified atom stereocenters. The fourth-order valence-electron chi connectivity index (χ4n) is 9.13. The van der Waals surface area contributed by atoms with Gasteiger partial charge in [0.2, 0.25) is 11.8 Å². The normalized spacial score (nSPS) is 27.5. The molecule has 4 heterocycles. The molecule has 51 heavy (non-hydrogen) atoms. The zero-order valence-corrected chi connectivity index (χ0v) is 28.5. The number of anilines is 1. The largest absolute Gasteiger partial charge is 0.491 e. The highest BCUT2D eigenvalue weighted by atomic mass is 16.6. The Labute approximate surface area is 298 Å². The van der Waals surface area contributed by atoms with Crippen molar-refractivity contribution in [1.29, 1.82) is 0 Å². The van der Waals surface area contributed by atoms with Crippen molar-refractivity contribution in [3.63, 3.8) is 0 Å². The number of benzene rings is 4. The summed E-state index contributed by atoms with van der Waals surface area (Å²) >= 11 is 0. The number of amides is 2. The van der Waals surface area contributed by atoms with Crippen LogP contribution >= 0.6 is 0 Å². The highest BCUT2D eigenvalue weighted by molar-refractivity contribution is 6.12. The van der Waals surface area contributed by atoms with Gasteiger partial charge in [0.25, 0.3) is 0 Å². The summed E-state index contributed by atoms with van der Waals surface area (Å²) in [4.78, 5) is 49.5. The Bertz CT molecular complexity index is 1900. The molecule has 4 aliphatic rings. The number of fused-ring (bicyclic) bond motifs is 3. The number of esters is 1. The molecule has 0 saturated carbocycles. The molecule has 4 aromatic rings. The topological polar surface area (TPSA) is 108 Å². The van der Waals surface area contributed by atoms with E-state index in [9.17, 15) is 9.90 Å². The minimum absolute atomic E-state index is 0.0973. The fraction of sp³-hybridized carbons (Fsp3) is 0.357. The van der Waals surface area contributed by atoms with Crippen LogP contribution in [0.5, 0.6) is 5.75 Å². The third-order valence-electron chi connectivity index (χ3n) is 11.2. The first kappa shape index (κ1) is 33.2. The standard InChI is InChI=1S/C42H43N3O6/c46-25-26-50-31-20-14-19-30(27-31)38-42(32-21-10-11-22-33(32)43-41(42)49)34(39(47)44-23-12-2-1-3-13-24-44)36-40(48)51-37(29-17-8-5-9-18-29)35(45(36)38)28-15-6-4-7-16-28/h4-11,14-22,27,34-38,46H,1-3,12-13,23-26H2,(H,43,49)/t34-,35-,36-,37+,38+,42-/m1/s1. The van der Waals surface area contributed by atoms with E-state index in [1.54, 1.807) is 0 Å². The van der Waals surface area contributed by atoms with Gasteiger partial charge in [0, 0.05) is 18.8 Å². The molecule has 6 atom stereocenters. The van der Waals surface area contributed by atoms with Crippen LogP contribution < -0.4 is 10.1 Å². The highest BCUT2D eigenvalue weighted by Gasteiger charge is 2.74. The number of nitrogens with zero attached hydrogens (tertiary/aromatic N) is 2. The quantitative estimate of drug-likeness (QED) is 0.226. The molecule has 1 spiro atoms. The van der Waals surface area contributed by atoms with Gasteiger partial charge in [-0.25, -0.2) is 0 Å². The van der Waals surface area contributed by atoms with Crippen LogP contribution in [0.25, 0.3) is 0 Å². The second-order valence-corrected chi connectivity index (χ2v) is 14.0. The van der Waals surface area contributed by atoms with E-state index in [1.807, 2.05) is 114 Å². The summed E-state index contributed by atoms with van der Waals surface area (Å²) in [6, 6.07) is 32.3. The first-order valence-electron chi connectivity index (χ1n) is 18.1. The molecule has 0 aromatic heterocycles. The molecular weight excluding hydrogens is 642 g/mol. The van der Waals surface area contributed by atoms with E-state index in [0.29, 0.717) is 30.1 Å². The summed E-state index contributed by atoms with van der Waals surface area (Å²) in [7, 11) is 0. The number of carbonyl (C=O) groups is 3. The number of nitrogens with one attached hydrogen (secondary N) is 1. The SMILES string of the molecule is O=C1O[C@@H](c2ccccc2)[C@@H](c2ccccc2)N2[C@@H](c3cccc(OCCO)c3)[C@]3(C(=O)Nc4ccccc43)[C@@H](C(=O)N3CCCCCCC3)[C@H]12. The van der Waals surface area contributed by atoms with E-state index in [4.69, 9.17) is 9.47 Å². The van der Waals surface area contributed by atoms with E-state index < -0.39 is 41.5 Å². The van der Waals surface area contributed by atoms with Crippen LogP contribution in [-0.4, -0.2) is 65.0 Å². The van der Waals surface area contributed by atoms with Crippen LogP contribution in [0.4, 0.5) is 5.69 Å². The Balaban J connectivity index is 1.41. The third kappa shape index (κ3) is 5.59. The van der Waals surface area contributed by atoms with Crippen LogP contribution in [0.15, 0.2) is 109 Å². The Kier molecular flexibility index (Phi) is 9.08. The Hall–Kier alpha value is -4.99. The van der Waals surface area contributed by atoms with Crippen molar-refractivity contribution in [2.75, 3.05) is 31.6 Å². The molecule has 9 heteroatoms. The lowest BCUT2D eigenvalue weighted by Gasteiger charge is -2.46. The Morgan fingerprint density at radius 2 is 1.43 bits per heavy atom. The number of cyclic esters (lactones) is 1. The summed E-state index contributed by atoms with van der Waals surface area (Å²) in [5.74, 6) is -1.59. The second-order valence-electron chi connectivity index (χ2n) is 14.0. The van der Waals surface area contributed by atoms with Crippen molar-refractivity contribution in [1.82, 2.24) is 9.80 Å². The van der Waals surface area contributed by atoms with Crippen molar-refractivity contribution in [3.8, 4) is 5.75 Å². The lowest BCUT2D eigenvalue weighted by atomic mass is 9.65. The van der Waals surface area contributed by atoms with Gasteiger partial charge in [0.1, 0.15) is 29.9 Å². The molecule has 262 valence electrons. The van der Waals surface area contributed by atoms with Crippen molar-refractivity contribution < 1.29 is 29.0 Å². The molecule has 8 rings (SSSR count). The number of likely N-dealkylation sites (tertiary alicyclic amines) is 1. The monoisotopic (exact) mass is 685 g/mol. The summed E-state index contributed by atoms with van der Waals surface area (Å²) in [6.07, 6.45) is 4.19. The summed E-state index contributed by atoms with van der Waals surface area (Å²) in [5, 5.41) is 12.7. The highest BCUT2D eigenvalue weighted by Crippen LogP contribution is 2.65. The smallest absolute Gasteiger partial charge is 0.324 e. The number of hydrogen-bond donors (Lipinski definition) is 2. The van der Waals surface area contributed by atoms with Crippen LogP contribution in [0.1, 0.15) is 72.5 Å². The number of carbonyl (C=O) groups excluding carboxylic acids is 3. The molecule has 0 bridgehead atoms. The van der Waals surface area contributed by atoms with Gasteiger partial charge in [-0.05, 0) is 53.3 Å². The Morgan fingerprint density at radius 3 is 2.16 bits per heavy atom. The van der Waals surface area contributed by atoms with Gasteiger partial charge >= 0.3 is 5.97 Å². The molecule has 4 aliphatic heterocycles. The summed E-state index contributed by atoms with van der Waals surface area (Å²) < 4.78 is 12.4. The van der Waals surface area contributed by atoms with Gasteiger partial charge in [0.05, 0.1) is 24.6 Å². The van der Waals surface area contributed by atoms with Gasteiger partial charge < -0.3 is 24.8 Å². The number of morpholine rings is 1. The third-order valence-corrected chi connectivity index (χ3v) is 11.2. The zero-order chi connectivity index (χ0) is 35.0. The molecule has 3 fully saturated rings. The van der Waals surface area contributed by atoms with E-state index in [0.717, 1.165) is 48.8 Å². The number of rotatable bonds is 7. The molecule has 3 saturated heterocycles. The van der Waals surface area contributed by atoms with Gasteiger partial charge in [-0.3, -0.25) is 19.3 Å². The van der Waals surface area contributed by atoms with Crippen LogP contribution in [-0.2, 0) is 24.5 Å². The molecular formula is C42H43N3O6. The molecule has 4 aromatic carbocycles. The van der Waals surface area contributed by atoms with Crippen molar-refractivity contribution in [2.45, 2.75) is 61.7 Å². The second kappa shape index (κ2) is 14.0. The predicted octanol–water partition coefficient (Wildman–Crippen LogP) is 6.12. The summed E-state index contributed by atoms with van der Waals surface area (Å²) in [6.45, 7) is 1.08. The maximum atomic E-state index is 15.4.